The lowest BCUT2D eigenvalue weighted by Crippen LogP contribution is -2.53. The molecule has 31 heavy (non-hydrogen) atoms. The van der Waals surface area contributed by atoms with Gasteiger partial charge in [-0.25, -0.2) is 0 Å². The largest absolute Gasteiger partial charge is 0.481 e. The van der Waals surface area contributed by atoms with E-state index < -0.39 is 5.97 Å². The molecule has 7 atom stereocenters. The quantitative estimate of drug-likeness (QED) is 0.506. The van der Waals surface area contributed by atoms with Gasteiger partial charge in [0.05, 0.1) is 0 Å². The van der Waals surface area contributed by atoms with Gasteiger partial charge in [0, 0.05) is 18.8 Å². The summed E-state index contributed by atoms with van der Waals surface area (Å²) in [5.74, 6) is 2.51. The lowest BCUT2D eigenvalue weighted by Gasteiger charge is -2.60. The molecule has 0 radical (unpaired) electrons. The number of rotatable bonds is 7. The number of carboxylic acids is 1. The number of fused-ring (bicyclic) bond motifs is 5. The number of hydrogen-bond donors (Lipinski definition) is 1. The van der Waals surface area contributed by atoms with Crippen LogP contribution in [0.3, 0.4) is 0 Å². The zero-order valence-electron chi connectivity index (χ0n) is 19.6. The second-order valence-corrected chi connectivity index (χ2v) is 11.5. The summed E-state index contributed by atoms with van der Waals surface area (Å²) in [4.78, 5) is 35.8. The number of aliphatic carboxylic acids is 1. The smallest absolute Gasteiger partial charge is 0.303 e. The maximum atomic E-state index is 12.6. The van der Waals surface area contributed by atoms with Crippen LogP contribution in [-0.4, -0.2) is 22.6 Å². The van der Waals surface area contributed by atoms with E-state index >= 15 is 0 Å². The first kappa shape index (κ1) is 22.7. The van der Waals surface area contributed by atoms with Crippen molar-refractivity contribution in [3.63, 3.8) is 0 Å². The third-order valence-electron chi connectivity index (χ3n) is 10.2. The van der Waals surface area contributed by atoms with Crippen molar-refractivity contribution in [2.45, 2.75) is 97.8 Å². The molecule has 0 bridgehead atoms. The average Bonchev–Trinajstić information content (AvgIpc) is 3.05. The predicted octanol–water partition coefficient (Wildman–Crippen LogP) is 5.98. The summed E-state index contributed by atoms with van der Waals surface area (Å²) in [5.41, 5.74) is 1.66. The van der Waals surface area contributed by atoms with Crippen molar-refractivity contribution in [3.05, 3.63) is 11.6 Å². The Balaban J connectivity index is 1.54. The van der Waals surface area contributed by atoms with Gasteiger partial charge < -0.3 is 5.11 Å². The Hall–Kier alpha value is -1.45. The summed E-state index contributed by atoms with van der Waals surface area (Å²) in [7, 11) is 0. The number of allylic oxidation sites excluding steroid dienone is 1. The van der Waals surface area contributed by atoms with E-state index in [1.165, 1.54) is 24.8 Å². The molecule has 1 unspecified atom stereocenters. The van der Waals surface area contributed by atoms with Crippen molar-refractivity contribution < 1.29 is 19.5 Å². The van der Waals surface area contributed by atoms with Crippen LogP contribution in [0.15, 0.2) is 11.6 Å². The van der Waals surface area contributed by atoms with E-state index in [2.05, 4.69) is 13.8 Å². The molecule has 1 N–H and O–H groups in total. The summed E-state index contributed by atoms with van der Waals surface area (Å²) >= 11 is 0. The van der Waals surface area contributed by atoms with Gasteiger partial charge in [-0.1, -0.05) is 32.3 Å². The molecule has 0 aromatic carbocycles. The third kappa shape index (κ3) is 3.82. The van der Waals surface area contributed by atoms with E-state index in [1.807, 2.05) is 6.08 Å². The first-order valence-corrected chi connectivity index (χ1v) is 12.6. The molecule has 0 aliphatic heterocycles. The second kappa shape index (κ2) is 8.48. The van der Waals surface area contributed by atoms with E-state index in [1.54, 1.807) is 6.92 Å². The van der Waals surface area contributed by atoms with Gasteiger partial charge in [0.15, 0.2) is 5.78 Å². The summed E-state index contributed by atoms with van der Waals surface area (Å²) < 4.78 is 0. The number of hydrogen-bond acceptors (Lipinski definition) is 3. The highest BCUT2D eigenvalue weighted by atomic mass is 16.4. The highest BCUT2D eigenvalue weighted by Crippen LogP contribution is 2.67. The highest BCUT2D eigenvalue weighted by molar-refractivity contribution is 5.92. The van der Waals surface area contributed by atoms with Gasteiger partial charge in [0.25, 0.3) is 0 Å². The van der Waals surface area contributed by atoms with Crippen molar-refractivity contribution >= 4 is 17.5 Å². The predicted molar refractivity (Wildman–Crippen MR) is 120 cm³/mol. The first-order valence-electron chi connectivity index (χ1n) is 12.6. The summed E-state index contributed by atoms with van der Waals surface area (Å²) in [6.45, 7) is 6.63. The number of ketones is 2. The van der Waals surface area contributed by atoms with Crippen LogP contribution in [0.25, 0.3) is 0 Å². The van der Waals surface area contributed by atoms with Gasteiger partial charge in [-0.05, 0) is 98.9 Å². The molecular weight excluding hydrogens is 388 g/mol. The minimum Gasteiger partial charge on any atom is -0.481 e. The zero-order valence-corrected chi connectivity index (χ0v) is 19.6. The number of unbranched alkanes of at least 4 members (excludes halogenated alkanes) is 2. The second-order valence-electron chi connectivity index (χ2n) is 11.5. The van der Waals surface area contributed by atoms with E-state index in [0.29, 0.717) is 41.7 Å². The molecule has 4 nitrogen and oxygen atoms in total. The van der Waals surface area contributed by atoms with Crippen LogP contribution >= 0.6 is 0 Å². The molecule has 4 rings (SSSR count). The fourth-order valence-corrected chi connectivity index (χ4v) is 8.68. The summed E-state index contributed by atoms with van der Waals surface area (Å²) in [5, 5.41) is 8.90. The molecule has 3 fully saturated rings. The summed E-state index contributed by atoms with van der Waals surface area (Å²) in [6.07, 6.45) is 13.4. The van der Waals surface area contributed by atoms with Crippen molar-refractivity contribution in [1.29, 1.82) is 0 Å². The fourth-order valence-electron chi connectivity index (χ4n) is 8.68. The number of carbonyl (C=O) groups excluding carboxylic acids is 2. The van der Waals surface area contributed by atoms with E-state index in [-0.39, 0.29) is 23.2 Å². The lowest BCUT2D eigenvalue weighted by atomic mass is 9.44. The van der Waals surface area contributed by atoms with Crippen LogP contribution < -0.4 is 0 Å². The van der Waals surface area contributed by atoms with Gasteiger partial charge in [0.2, 0.25) is 0 Å². The van der Waals surface area contributed by atoms with Crippen LogP contribution in [0, 0.1) is 40.4 Å². The molecule has 172 valence electrons. The number of Topliss-reactive ketones (excluding diaryl/α,β-unsaturated/α-hetero) is 1. The Kier molecular flexibility index (Phi) is 6.22. The lowest BCUT2D eigenvalue weighted by molar-refractivity contribution is -0.137. The Morgan fingerprint density at radius 1 is 1.06 bits per heavy atom. The average molecular weight is 429 g/mol. The van der Waals surface area contributed by atoms with Crippen LogP contribution in [0.4, 0.5) is 0 Å². The maximum Gasteiger partial charge on any atom is 0.303 e. The minimum atomic E-state index is -0.717. The number of carbonyl (C=O) groups is 3. The molecular formula is C27H40O4. The van der Waals surface area contributed by atoms with Crippen LogP contribution in [0.1, 0.15) is 97.8 Å². The molecule has 4 heteroatoms. The van der Waals surface area contributed by atoms with Crippen molar-refractivity contribution in [3.8, 4) is 0 Å². The van der Waals surface area contributed by atoms with Crippen LogP contribution in [0.2, 0.25) is 0 Å². The van der Waals surface area contributed by atoms with Gasteiger partial charge in [-0.2, -0.15) is 0 Å². The molecule has 0 aromatic heterocycles. The van der Waals surface area contributed by atoms with Gasteiger partial charge in [-0.3, -0.25) is 14.4 Å². The molecule has 0 aromatic rings. The Morgan fingerprint density at radius 3 is 2.55 bits per heavy atom. The third-order valence-corrected chi connectivity index (χ3v) is 10.2. The molecule has 4 aliphatic carbocycles. The normalized spacial score (nSPS) is 41.7. The molecule has 0 spiro atoms. The van der Waals surface area contributed by atoms with Gasteiger partial charge in [-0.15, -0.1) is 0 Å². The van der Waals surface area contributed by atoms with Crippen LogP contribution in [0.5, 0.6) is 0 Å². The minimum absolute atomic E-state index is 0.0965. The highest BCUT2D eigenvalue weighted by Gasteiger charge is 2.61. The Morgan fingerprint density at radius 2 is 1.84 bits per heavy atom. The zero-order chi connectivity index (χ0) is 22.4. The van der Waals surface area contributed by atoms with Crippen molar-refractivity contribution in [1.82, 2.24) is 0 Å². The van der Waals surface area contributed by atoms with Gasteiger partial charge in [0.1, 0.15) is 5.78 Å². The topological polar surface area (TPSA) is 71.4 Å². The molecule has 3 saturated carbocycles. The first-order chi connectivity index (χ1) is 14.7. The Labute approximate surface area is 187 Å². The molecule has 0 heterocycles. The molecule has 0 amide bonds. The maximum absolute atomic E-state index is 12.6. The van der Waals surface area contributed by atoms with Crippen molar-refractivity contribution in [2.75, 3.05) is 0 Å². The monoisotopic (exact) mass is 428 g/mol. The standard InChI is InChI=1S/C27H40O4/c1-17(28)22-11-12-23-21-10-9-19-16-20(29)15-18(7-5-4-6-8-25(30)31)27(19,3)24(21)13-14-26(22,23)2/h16,18,21-24H,4-15H2,1-3H3,(H,30,31)/t18?,21-,22+,23-,24-,26+,27-/m0/s1. The Bertz CT molecular complexity index is 782. The molecule has 0 saturated heterocycles. The van der Waals surface area contributed by atoms with Crippen molar-refractivity contribution in [2.24, 2.45) is 40.4 Å². The van der Waals surface area contributed by atoms with E-state index in [4.69, 9.17) is 5.11 Å². The van der Waals surface area contributed by atoms with Crippen LogP contribution in [-0.2, 0) is 14.4 Å². The number of carboxylic acid groups (broad SMARTS) is 1. The molecule has 4 aliphatic rings. The summed E-state index contributed by atoms with van der Waals surface area (Å²) in [6, 6.07) is 0. The van der Waals surface area contributed by atoms with E-state index in [0.717, 1.165) is 44.9 Å². The fraction of sp³-hybridized carbons (Fsp3) is 0.815. The van der Waals surface area contributed by atoms with E-state index in [9.17, 15) is 14.4 Å². The van der Waals surface area contributed by atoms with Gasteiger partial charge >= 0.3 is 5.97 Å². The SMILES string of the molecule is CC(=O)[C@H]1CC[C@H]2[C@@H]3CCC4=CC(=O)CC(CCCCCC(=O)O)[C@]4(C)[C@H]3CC[C@]12C.